The van der Waals surface area contributed by atoms with Crippen LogP contribution in [0.1, 0.15) is 29.0 Å². The van der Waals surface area contributed by atoms with E-state index in [1.807, 2.05) is 19.1 Å². The molecule has 120 valence electrons. The molecule has 0 aliphatic rings. The van der Waals surface area contributed by atoms with Crippen molar-refractivity contribution in [3.8, 4) is 11.5 Å². The molecule has 0 saturated heterocycles. The maximum atomic E-state index is 12.4. The SMILES string of the molecule is COc1ccc(CNCc2cc(C(F)F)on2)c(C)c1OC. The van der Waals surface area contributed by atoms with Gasteiger partial charge in [0.1, 0.15) is 0 Å². The third-order valence-electron chi connectivity index (χ3n) is 3.32. The quantitative estimate of drug-likeness (QED) is 0.850. The Labute approximate surface area is 127 Å². The van der Waals surface area contributed by atoms with Gasteiger partial charge in [0.15, 0.2) is 11.5 Å². The second-order valence-electron chi connectivity index (χ2n) is 4.71. The van der Waals surface area contributed by atoms with Crippen LogP contribution in [0.15, 0.2) is 22.7 Å². The van der Waals surface area contributed by atoms with Gasteiger partial charge >= 0.3 is 0 Å². The predicted octanol–water partition coefficient (Wildman–Crippen LogP) is 3.23. The summed E-state index contributed by atoms with van der Waals surface area (Å²) in [6, 6.07) is 5.00. The number of methoxy groups -OCH3 is 2. The van der Waals surface area contributed by atoms with Crippen molar-refractivity contribution in [1.82, 2.24) is 10.5 Å². The van der Waals surface area contributed by atoms with Gasteiger partial charge in [-0.25, -0.2) is 8.78 Å². The summed E-state index contributed by atoms with van der Waals surface area (Å²) in [6.07, 6.45) is -2.64. The van der Waals surface area contributed by atoms with Crippen molar-refractivity contribution in [2.24, 2.45) is 0 Å². The first-order valence-corrected chi connectivity index (χ1v) is 6.71. The van der Waals surface area contributed by atoms with Gasteiger partial charge in [0.2, 0.25) is 5.76 Å². The van der Waals surface area contributed by atoms with E-state index in [0.717, 1.165) is 11.1 Å². The van der Waals surface area contributed by atoms with Gasteiger partial charge < -0.3 is 19.3 Å². The van der Waals surface area contributed by atoms with Crippen molar-refractivity contribution in [3.63, 3.8) is 0 Å². The summed E-state index contributed by atoms with van der Waals surface area (Å²) >= 11 is 0. The minimum atomic E-state index is -2.64. The minimum Gasteiger partial charge on any atom is -0.493 e. The molecule has 5 nitrogen and oxygen atoms in total. The van der Waals surface area contributed by atoms with E-state index in [0.29, 0.717) is 30.3 Å². The number of rotatable bonds is 7. The van der Waals surface area contributed by atoms with Crippen LogP contribution < -0.4 is 14.8 Å². The topological polar surface area (TPSA) is 56.5 Å². The molecule has 22 heavy (non-hydrogen) atoms. The smallest absolute Gasteiger partial charge is 0.298 e. The zero-order valence-corrected chi connectivity index (χ0v) is 12.7. The second-order valence-corrected chi connectivity index (χ2v) is 4.71. The summed E-state index contributed by atoms with van der Waals surface area (Å²) in [5.41, 5.74) is 2.42. The van der Waals surface area contributed by atoms with Gasteiger partial charge in [-0.2, -0.15) is 0 Å². The Morgan fingerprint density at radius 3 is 2.59 bits per heavy atom. The Hall–Kier alpha value is -2.15. The van der Waals surface area contributed by atoms with E-state index in [1.165, 1.54) is 6.07 Å². The molecular weight excluding hydrogens is 294 g/mol. The van der Waals surface area contributed by atoms with E-state index in [2.05, 4.69) is 15.0 Å². The molecule has 1 N–H and O–H groups in total. The number of hydrogen-bond acceptors (Lipinski definition) is 5. The molecule has 0 fully saturated rings. The average molecular weight is 312 g/mol. The Bertz CT molecular complexity index is 629. The van der Waals surface area contributed by atoms with Crippen LogP contribution in [0.5, 0.6) is 11.5 Å². The molecule has 0 radical (unpaired) electrons. The zero-order chi connectivity index (χ0) is 16.1. The maximum Gasteiger partial charge on any atom is 0.298 e. The van der Waals surface area contributed by atoms with E-state index >= 15 is 0 Å². The number of aromatic nitrogens is 1. The molecule has 1 aromatic heterocycles. The predicted molar refractivity (Wildman–Crippen MR) is 76.3 cm³/mol. The third kappa shape index (κ3) is 3.54. The molecule has 0 aliphatic heterocycles. The van der Waals surface area contributed by atoms with E-state index in [4.69, 9.17) is 9.47 Å². The summed E-state index contributed by atoms with van der Waals surface area (Å²) in [5, 5.41) is 6.73. The molecule has 0 bridgehead atoms. The van der Waals surface area contributed by atoms with Crippen molar-refractivity contribution in [2.75, 3.05) is 14.2 Å². The van der Waals surface area contributed by atoms with Crippen LogP contribution in [0.4, 0.5) is 8.78 Å². The van der Waals surface area contributed by atoms with E-state index in [1.54, 1.807) is 14.2 Å². The first-order valence-electron chi connectivity index (χ1n) is 6.71. The monoisotopic (exact) mass is 312 g/mol. The minimum absolute atomic E-state index is 0.337. The number of halogens is 2. The van der Waals surface area contributed by atoms with Crippen LogP contribution >= 0.6 is 0 Å². The highest BCUT2D eigenvalue weighted by molar-refractivity contribution is 5.50. The molecule has 0 saturated carbocycles. The number of hydrogen-bond donors (Lipinski definition) is 1. The fraction of sp³-hybridized carbons (Fsp3) is 0.400. The highest BCUT2D eigenvalue weighted by Gasteiger charge is 2.14. The van der Waals surface area contributed by atoms with Gasteiger partial charge in [0.25, 0.3) is 6.43 Å². The molecule has 2 rings (SSSR count). The fourth-order valence-electron chi connectivity index (χ4n) is 2.15. The van der Waals surface area contributed by atoms with Gasteiger partial charge in [-0.3, -0.25) is 0 Å². The van der Waals surface area contributed by atoms with Crippen molar-refractivity contribution < 1.29 is 22.8 Å². The van der Waals surface area contributed by atoms with Crippen molar-refractivity contribution in [2.45, 2.75) is 26.4 Å². The summed E-state index contributed by atoms with van der Waals surface area (Å²) in [7, 11) is 3.17. The first-order chi connectivity index (χ1) is 10.6. The zero-order valence-electron chi connectivity index (χ0n) is 12.7. The molecule has 1 heterocycles. The molecule has 0 aliphatic carbocycles. The highest BCUT2D eigenvalue weighted by Crippen LogP contribution is 2.32. The maximum absolute atomic E-state index is 12.4. The Morgan fingerprint density at radius 2 is 2.00 bits per heavy atom. The van der Waals surface area contributed by atoms with E-state index in [9.17, 15) is 8.78 Å². The normalized spacial score (nSPS) is 11.0. The van der Waals surface area contributed by atoms with Crippen LogP contribution in [0.3, 0.4) is 0 Å². The van der Waals surface area contributed by atoms with Crippen LogP contribution in [0.25, 0.3) is 0 Å². The summed E-state index contributed by atoms with van der Waals surface area (Å²) < 4.78 is 39.9. The molecular formula is C15H18F2N2O3. The molecule has 7 heteroatoms. The summed E-state index contributed by atoms with van der Waals surface area (Å²) in [4.78, 5) is 0. The second kappa shape index (κ2) is 7.22. The number of nitrogens with one attached hydrogen (secondary N) is 1. The van der Waals surface area contributed by atoms with Crippen molar-refractivity contribution in [3.05, 3.63) is 40.8 Å². The molecule has 0 atom stereocenters. The number of alkyl halides is 2. The van der Waals surface area contributed by atoms with Crippen LogP contribution in [0, 0.1) is 6.92 Å². The van der Waals surface area contributed by atoms with Gasteiger partial charge in [-0.15, -0.1) is 0 Å². The lowest BCUT2D eigenvalue weighted by molar-refractivity contribution is 0.112. The Kier molecular flexibility index (Phi) is 5.32. The largest absolute Gasteiger partial charge is 0.493 e. The van der Waals surface area contributed by atoms with Crippen LogP contribution in [-0.4, -0.2) is 19.4 Å². The van der Waals surface area contributed by atoms with Gasteiger partial charge in [-0.1, -0.05) is 11.2 Å². The number of ether oxygens (including phenoxy) is 2. The molecule has 0 spiro atoms. The standard InChI is InChI=1S/C15H18F2N2O3/c1-9-10(4-5-12(20-2)14(9)21-3)7-18-8-11-6-13(15(16)17)22-19-11/h4-6,15,18H,7-8H2,1-3H3. The number of benzene rings is 1. The fourth-order valence-corrected chi connectivity index (χ4v) is 2.15. The third-order valence-corrected chi connectivity index (χ3v) is 3.32. The van der Waals surface area contributed by atoms with Gasteiger partial charge in [0, 0.05) is 19.2 Å². The first kappa shape index (κ1) is 16.2. The van der Waals surface area contributed by atoms with Crippen LogP contribution in [-0.2, 0) is 13.1 Å². The van der Waals surface area contributed by atoms with Crippen molar-refractivity contribution >= 4 is 0 Å². The molecule has 2 aromatic rings. The van der Waals surface area contributed by atoms with Crippen LogP contribution in [0.2, 0.25) is 0 Å². The highest BCUT2D eigenvalue weighted by atomic mass is 19.3. The van der Waals surface area contributed by atoms with Crippen molar-refractivity contribution in [1.29, 1.82) is 0 Å². The van der Waals surface area contributed by atoms with Gasteiger partial charge in [0.05, 0.1) is 19.9 Å². The van der Waals surface area contributed by atoms with Gasteiger partial charge in [-0.05, 0) is 24.1 Å². The molecule has 1 aromatic carbocycles. The van der Waals surface area contributed by atoms with E-state index < -0.39 is 12.2 Å². The molecule has 0 amide bonds. The Balaban J connectivity index is 1.99. The Morgan fingerprint density at radius 1 is 1.23 bits per heavy atom. The average Bonchev–Trinajstić information content (AvgIpc) is 2.97. The van der Waals surface area contributed by atoms with E-state index in [-0.39, 0.29) is 0 Å². The lowest BCUT2D eigenvalue weighted by Gasteiger charge is -2.14. The lowest BCUT2D eigenvalue weighted by Crippen LogP contribution is -2.14. The number of nitrogens with zero attached hydrogens (tertiary/aromatic N) is 1. The molecule has 0 unspecified atom stereocenters. The lowest BCUT2D eigenvalue weighted by atomic mass is 10.1. The summed E-state index contributed by atoms with van der Waals surface area (Å²) in [6.45, 7) is 2.82. The summed E-state index contributed by atoms with van der Waals surface area (Å²) in [5.74, 6) is 0.934.